The van der Waals surface area contributed by atoms with Gasteiger partial charge in [-0.2, -0.15) is 0 Å². The quantitative estimate of drug-likeness (QED) is 0.548. The van der Waals surface area contributed by atoms with Gasteiger partial charge in [-0.1, -0.05) is 0 Å². The van der Waals surface area contributed by atoms with Crippen molar-refractivity contribution in [3.63, 3.8) is 0 Å². The third-order valence-electron chi connectivity index (χ3n) is 2.36. The van der Waals surface area contributed by atoms with Crippen LogP contribution in [0.3, 0.4) is 0 Å². The standard InChI is InChI=1S/C13H19NO4/c1-5-10(15)8-11-9-14(6-7-17-11)12(16)18-13(2,3)4/h1,11H,6-9H2,2-4H3. The molecular weight excluding hydrogens is 234 g/mol. The number of carbonyl (C=O) groups excluding carboxylic acids is 2. The molecule has 18 heavy (non-hydrogen) atoms. The van der Waals surface area contributed by atoms with Crippen LogP contribution in [0.4, 0.5) is 4.79 Å². The van der Waals surface area contributed by atoms with Crippen molar-refractivity contribution in [2.24, 2.45) is 0 Å². The zero-order valence-electron chi connectivity index (χ0n) is 11.1. The molecule has 0 aromatic carbocycles. The number of morpholine rings is 1. The number of rotatable bonds is 2. The summed E-state index contributed by atoms with van der Waals surface area (Å²) in [6.07, 6.45) is 4.42. The minimum atomic E-state index is -0.528. The maximum atomic E-state index is 11.8. The first-order valence-corrected chi connectivity index (χ1v) is 5.91. The summed E-state index contributed by atoms with van der Waals surface area (Å²) in [4.78, 5) is 24.5. The van der Waals surface area contributed by atoms with E-state index in [4.69, 9.17) is 15.9 Å². The molecule has 1 rings (SSSR count). The molecule has 1 heterocycles. The van der Waals surface area contributed by atoms with E-state index in [0.29, 0.717) is 19.7 Å². The molecule has 0 spiro atoms. The van der Waals surface area contributed by atoms with E-state index in [1.807, 2.05) is 26.7 Å². The molecule has 1 aliphatic rings. The molecule has 5 heteroatoms. The van der Waals surface area contributed by atoms with Crippen LogP contribution in [0, 0.1) is 12.3 Å². The Labute approximate surface area is 107 Å². The van der Waals surface area contributed by atoms with Gasteiger partial charge in [0, 0.05) is 13.0 Å². The molecule has 1 aliphatic heterocycles. The Kier molecular flexibility index (Phi) is 4.74. The van der Waals surface area contributed by atoms with Gasteiger partial charge in [-0.25, -0.2) is 4.79 Å². The minimum absolute atomic E-state index is 0.135. The van der Waals surface area contributed by atoms with Gasteiger partial charge in [0.1, 0.15) is 5.60 Å². The van der Waals surface area contributed by atoms with Gasteiger partial charge in [-0.3, -0.25) is 4.79 Å². The molecule has 1 amide bonds. The number of hydrogen-bond acceptors (Lipinski definition) is 4. The molecule has 1 atom stereocenters. The summed E-state index contributed by atoms with van der Waals surface area (Å²) in [5.41, 5.74) is -0.528. The van der Waals surface area contributed by atoms with Crippen molar-refractivity contribution < 1.29 is 19.1 Å². The number of nitrogens with zero attached hydrogens (tertiary/aromatic N) is 1. The van der Waals surface area contributed by atoms with Crippen LogP contribution in [-0.4, -0.2) is 48.2 Å². The van der Waals surface area contributed by atoms with Crippen LogP contribution >= 0.6 is 0 Å². The van der Waals surface area contributed by atoms with E-state index in [9.17, 15) is 9.59 Å². The van der Waals surface area contributed by atoms with Crippen molar-refractivity contribution in [2.45, 2.75) is 38.9 Å². The second kappa shape index (κ2) is 5.87. The van der Waals surface area contributed by atoms with E-state index in [1.54, 1.807) is 4.90 Å². The van der Waals surface area contributed by atoms with Crippen molar-refractivity contribution in [3.8, 4) is 12.3 Å². The van der Waals surface area contributed by atoms with Crippen LogP contribution < -0.4 is 0 Å². The molecule has 1 unspecified atom stereocenters. The summed E-state index contributed by atoms with van der Waals surface area (Å²) < 4.78 is 10.7. The van der Waals surface area contributed by atoms with Gasteiger partial charge in [0.25, 0.3) is 0 Å². The van der Waals surface area contributed by atoms with Crippen molar-refractivity contribution in [1.29, 1.82) is 0 Å². The molecule has 0 N–H and O–H groups in total. The summed E-state index contributed by atoms with van der Waals surface area (Å²) >= 11 is 0. The van der Waals surface area contributed by atoms with Crippen LogP contribution in [-0.2, 0) is 14.3 Å². The predicted octanol–water partition coefficient (Wildman–Crippen LogP) is 1.21. The van der Waals surface area contributed by atoms with Gasteiger partial charge in [-0.15, -0.1) is 6.42 Å². The molecule has 0 radical (unpaired) electrons. The number of amides is 1. The fourth-order valence-electron chi connectivity index (χ4n) is 1.60. The Hall–Kier alpha value is -1.54. The van der Waals surface area contributed by atoms with Crippen molar-refractivity contribution >= 4 is 11.9 Å². The topological polar surface area (TPSA) is 55.8 Å². The highest BCUT2D eigenvalue weighted by Crippen LogP contribution is 2.14. The summed E-state index contributed by atoms with van der Waals surface area (Å²) in [5, 5.41) is 0. The lowest BCUT2D eigenvalue weighted by atomic mass is 10.1. The third kappa shape index (κ3) is 4.76. The highest BCUT2D eigenvalue weighted by atomic mass is 16.6. The molecular formula is C13H19NO4. The van der Waals surface area contributed by atoms with Gasteiger partial charge < -0.3 is 14.4 Å². The number of hydrogen-bond donors (Lipinski definition) is 0. The summed E-state index contributed by atoms with van der Waals surface area (Å²) in [6, 6.07) is 0. The van der Waals surface area contributed by atoms with Crippen LogP contribution in [0.15, 0.2) is 0 Å². The molecule has 5 nitrogen and oxygen atoms in total. The van der Waals surface area contributed by atoms with E-state index in [0.717, 1.165) is 0 Å². The number of ether oxygens (including phenoxy) is 2. The Morgan fingerprint density at radius 1 is 1.50 bits per heavy atom. The molecule has 100 valence electrons. The van der Waals surface area contributed by atoms with Gasteiger partial charge in [0.2, 0.25) is 5.78 Å². The third-order valence-corrected chi connectivity index (χ3v) is 2.36. The summed E-state index contributed by atoms with van der Waals surface area (Å²) in [6.45, 7) is 6.62. The van der Waals surface area contributed by atoms with Gasteiger partial charge in [0.05, 0.1) is 19.3 Å². The monoisotopic (exact) mass is 253 g/mol. The lowest BCUT2D eigenvalue weighted by Gasteiger charge is -2.33. The molecule has 0 aliphatic carbocycles. The number of ketones is 1. The average Bonchev–Trinajstić information content (AvgIpc) is 2.27. The zero-order chi connectivity index (χ0) is 13.8. The highest BCUT2D eigenvalue weighted by Gasteiger charge is 2.28. The first-order valence-electron chi connectivity index (χ1n) is 5.91. The van der Waals surface area contributed by atoms with E-state index < -0.39 is 5.60 Å². The molecule has 1 saturated heterocycles. The fraction of sp³-hybridized carbons (Fsp3) is 0.692. The van der Waals surface area contributed by atoms with Gasteiger partial charge >= 0.3 is 6.09 Å². The SMILES string of the molecule is C#CC(=O)CC1CN(C(=O)OC(C)(C)C)CCO1. The minimum Gasteiger partial charge on any atom is -0.444 e. The Bertz CT molecular complexity index is 364. The van der Waals surface area contributed by atoms with Gasteiger partial charge in [0.15, 0.2) is 0 Å². The summed E-state index contributed by atoms with van der Waals surface area (Å²) in [5.74, 6) is 1.73. The first-order chi connectivity index (χ1) is 8.31. The molecule has 0 aromatic rings. The van der Waals surface area contributed by atoms with Gasteiger partial charge in [-0.05, 0) is 26.7 Å². The lowest BCUT2D eigenvalue weighted by Crippen LogP contribution is -2.47. The summed E-state index contributed by atoms with van der Waals surface area (Å²) in [7, 11) is 0. The van der Waals surface area contributed by atoms with E-state index >= 15 is 0 Å². The molecule has 0 aromatic heterocycles. The number of terminal acetylenes is 1. The van der Waals surface area contributed by atoms with E-state index in [2.05, 4.69) is 0 Å². The lowest BCUT2D eigenvalue weighted by molar-refractivity contribution is -0.118. The second-order valence-electron chi connectivity index (χ2n) is 5.19. The zero-order valence-corrected chi connectivity index (χ0v) is 11.1. The average molecular weight is 253 g/mol. The van der Waals surface area contributed by atoms with Crippen LogP contribution in [0.5, 0.6) is 0 Å². The number of Topliss-reactive ketones (excluding diaryl/α,β-unsaturated/α-hetero) is 1. The Morgan fingerprint density at radius 2 is 2.17 bits per heavy atom. The van der Waals surface area contributed by atoms with Crippen LogP contribution in [0.1, 0.15) is 27.2 Å². The largest absolute Gasteiger partial charge is 0.444 e. The van der Waals surface area contributed by atoms with Crippen molar-refractivity contribution in [3.05, 3.63) is 0 Å². The maximum Gasteiger partial charge on any atom is 0.410 e. The smallest absolute Gasteiger partial charge is 0.410 e. The molecule has 0 saturated carbocycles. The van der Waals surface area contributed by atoms with Crippen molar-refractivity contribution in [2.75, 3.05) is 19.7 Å². The van der Waals surface area contributed by atoms with Crippen LogP contribution in [0.2, 0.25) is 0 Å². The van der Waals surface area contributed by atoms with E-state index in [-0.39, 0.29) is 24.4 Å². The first kappa shape index (κ1) is 14.5. The Balaban J connectivity index is 2.51. The Morgan fingerprint density at radius 3 is 2.72 bits per heavy atom. The predicted molar refractivity (Wildman–Crippen MR) is 66.0 cm³/mol. The number of carbonyl (C=O) groups is 2. The fourth-order valence-corrected chi connectivity index (χ4v) is 1.60. The molecule has 1 fully saturated rings. The second-order valence-corrected chi connectivity index (χ2v) is 5.19. The highest BCUT2D eigenvalue weighted by molar-refractivity contribution is 5.95. The van der Waals surface area contributed by atoms with E-state index in [1.165, 1.54) is 0 Å². The van der Waals surface area contributed by atoms with Crippen LogP contribution in [0.25, 0.3) is 0 Å². The van der Waals surface area contributed by atoms with Crippen molar-refractivity contribution in [1.82, 2.24) is 4.90 Å². The molecule has 0 bridgehead atoms. The maximum absolute atomic E-state index is 11.8. The normalized spacial score (nSPS) is 20.1.